The first kappa shape index (κ1) is 13.9. The molecule has 0 aliphatic carbocycles. The summed E-state index contributed by atoms with van der Waals surface area (Å²) in [6, 6.07) is 2.51. The second-order valence-electron chi connectivity index (χ2n) is 5.59. The molecule has 2 N–H and O–H groups in total. The van der Waals surface area contributed by atoms with Crippen molar-refractivity contribution >= 4 is 5.82 Å². The van der Waals surface area contributed by atoms with Gasteiger partial charge in [-0.1, -0.05) is 0 Å². The predicted molar refractivity (Wildman–Crippen MR) is 82.3 cm³/mol. The zero-order chi connectivity index (χ0) is 14.7. The average molecular weight is 287 g/mol. The fraction of sp³-hybridized carbons (Fsp3) is 0.467. The number of piperidine rings is 1. The molecule has 2 aromatic rings. The first-order valence-electron chi connectivity index (χ1n) is 7.35. The van der Waals surface area contributed by atoms with Crippen LogP contribution in [0.1, 0.15) is 18.4 Å². The van der Waals surface area contributed by atoms with Crippen molar-refractivity contribution in [3.05, 3.63) is 46.8 Å². The van der Waals surface area contributed by atoms with Crippen LogP contribution in [0, 0.1) is 0 Å². The standard InChI is InChI=1S/C15H21N5O/c1-19-8-4-12(10-19)9-18-13-3-2-7-20(11-13)14-15(21)17-6-5-16-14/h4-6,8,10,13,18H,2-3,7,9,11H2,1H3,(H,17,21). The highest BCUT2D eigenvalue weighted by Crippen LogP contribution is 2.14. The number of aromatic amines is 1. The number of anilines is 1. The summed E-state index contributed by atoms with van der Waals surface area (Å²) in [4.78, 5) is 20.8. The molecule has 1 aliphatic rings. The summed E-state index contributed by atoms with van der Waals surface area (Å²) in [5.41, 5.74) is 1.17. The Morgan fingerprint density at radius 1 is 1.52 bits per heavy atom. The molecule has 3 rings (SSSR count). The monoisotopic (exact) mass is 287 g/mol. The Bertz CT molecular complexity index is 647. The lowest BCUT2D eigenvalue weighted by Gasteiger charge is -2.33. The molecule has 2 aromatic heterocycles. The van der Waals surface area contributed by atoms with Crippen LogP contribution >= 0.6 is 0 Å². The second kappa shape index (κ2) is 6.13. The summed E-state index contributed by atoms with van der Waals surface area (Å²) >= 11 is 0. The number of aryl methyl sites for hydroxylation is 1. The van der Waals surface area contributed by atoms with Crippen molar-refractivity contribution in [3.63, 3.8) is 0 Å². The fourth-order valence-corrected chi connectivity index (χ4v) is 2.83. The van der Waals surface area contributed by atoms with E-state index < -0.39 is 0 Å². The zero-order valence-electron chi connectivity index (χ0n) is 12.2. The summed E-state index contributed by atoms with van der Waals surface area (Å²) in [5, 5.41) is 3.58. The lowest BCUT2D eigenvalue weighted by Crippen LogP contribution is -2.47. The van der Waals surface area contributed by atoms with Gasteiger partial charge < -0.3 is 19.8 Å². The molecule has 0 aromatic carbocycles. The number of hydrogen-bond acceptors (Lipinski definition) is 4. The van der Waals surface area contributed by atoms with Crippen molar-refractivity contribution in [2.75, 3.05) is 18.0 Å². The van der Waals surface area contributed by atoms with Gasteiger partial charge in [-0.2, -0.15) is 0 Å². The highest BCUT2D eigenvalue weighted by atomic mass is 16.1. The average Bonchev–Trinajstić information content (AvgIpc) is 2.92. The Morgan fingerprint density at radius 2 is 2.43 bits per heavy atom. The summed E-state index contributed by atoms with van der Waals surface area (Å²) in [5.74, 6) is 0.531. The van der Waals surface area contributed by atoms with Crippen LogP contribution in [0.5, 0.6) is 0 Å². The largest absolute Gasteiger partial charge is 0.357 e. The molecule has 1 saturated heterocycles. The van der Waals surface area contributed by atoms with Gasteiger partial charge in [0.15, 0.2) is 5.82 Å². The molecule has 0 spiro atoms. The minimum atomic E-state index is -0.110. The molecule has 6 nitrogen and oxygen atoms in total. The predicted octanol–water partition coefficient (Wildman–Crippen LogP) is 0.867. The molecular formula is C15H21N5O. The van der Waals surface area contributed by atoms with Gasteiger partial charge in [0.2, 0.25) is 0 Å². The number of H-pyrrole nitrogens is 1. The second-order valence-corrected chi connectivity index (χ2v) is 5.59. The Kier molecular flexibility index (Phi) is 4.06. The quantitative estimate of drug-likeness (QED) is 0.875. The SMILES string of the molecule is Cn1ccc(CNC2CCCN(c3ncc[nH]c3=O)C2)c1. The summed E-state index contributed by atoms with van der Waals surface area (Å²) in [6.07, 6.45) is 9.59. The number of nitrogens with one attached hydrogen (secondary N) is 2. The van der Waals surface area contributed by atoms with Crippen molar-refractivity contribution in [1.82, 2.24) is 19.9 Å². The van der Waals surface area contributed by atoms with Crippen LogP contribution in [0.25, 0.3) is 0 Å². The molecule has 3 heterocycles. The van der Waals surface area contributed by atoms with Gasteiger partial charge >= 0.3 is 0 Å². The van der Waals surface area contributed by atoms with E-state index in [1.807, 2.05) is 7.05 Å². The van der Waals surface area contributed by atoms with Crippen LogP contribution in [-0.2, 0) is 13.6 Å². The maximum absolute atomic E-state index is 11.8. The van der Waals surface area contributed by atoms with Crippen LogP contribution in [-0.4, -0.2) is 33.7 Å². The molecule has 1 atom stereocenters. The van der Waals surface area contributed by atoms with E-state index in [9.17, 15) is 4.79 Å². The molecule has 0 amide bonds. The normalized spacial score (nSPS) is 18.9. The lowest BCUT2D eigenvalue weighted by molar-refractivity contribution is 0.419. The summed E-state index contributed by atoms with van der Waals surface area (Å²) in [6.45, 7) is 2.58. The van der Waals surface area contributed by atoms with Gasteiger partial charge in [0.1, 0.15) is 0 Å². The Labute approximate surface area is 123 Å². The molecule has 1 fully saturated rings. The topological polar surface area (TPSA) is 66.0 Å². The number of rotatable bonds is 4. The molecule has 1 aliphatic heterocycles. The number of aromatic nitrogens is 3. The van der Waals surface area contributed by atoms with E-state index in [2.05, 4.69) is 43.2 Å². The third kappa shape index (κ3) is 3.33. The van der Waals surface area contributed by atoms with E-state index in [4.69, 9.17) is 0 Å². The summed E-state index contributed by atoms with van der Waals surface area (Å²) < 4.78 is 2.05. The third-order valence-electron chi connectivity index (χ3n) is 3.90. The van der Waals surface area contributed by atoms with Crippen molar-refractivity contribution in [2.45, 2.75) is 25.4 Å². The van der Waals surface area contributed by atoms with Crippen LogP contribution in [0.3, 0.4) is 0 Å². The molecule has 112 valence electrons. The van der Waals surface area contributed by atoms with Crippen molar-refractivity contribution < 1.29 is 0 Å². The minimum absolute atomic E-state index is 0.110. The lowest BCUT2D eigenvalue weighted by atomic mass is 10.1. The van der Waals surface area contributed by atoms with Crippen molar-refractivity contribution in [2.24, 2.45) is 7.05 Å². The molecule has 6 heteroatoms. The van der Waals surface area contributed by atoms with Gasteiger partial charge in [-0.05, 0) is 24.5 Å². The van der Waals surface area contributed by atoms with Crippen LogP contribution in [0.2, 0.25) is 0 Å². The molecule has 1 unspecified atom stereocenters. The zero-order valence-corrected chi connectivity index (χ0v) is 12.2. The van der Waals surface area contributed by atoms with Gasteiger partial charge in [0.25, 0.3) is 5.56 Å². The number of nitrogens with zero attached hydrogens (tertiary/aromatic N) is 3. The third-order valence-corrected chi connectivity index (χ3v) is 3.90. The van der Waals surface area contributed by atoms with Crippen LogP contribution < -0.4 is 15.8 Å². The van der Waals surface area contributed by atoms with Crippen LogP contribution in [0.4, 0.5) is 5.82 Å². The van der Waals surface area contributed by atoms with Gasteiger partial charge in [-0.3, -0.25) is 4.79 Å². The fourth-order valence-electron chi connectivity index (χ4n) is 2.83. The minimum Gasteiger partial charge on any atom is -0.357 e. The van der Waals surface area contributed by atoms with Gasteiger partial charge in [-0.15, -0.1) is 0 Å². The van der Waals surface area contributed by atoms with E-state index in [1.165, 1.54) is 5.56 Å². The number of hydrogen-bond donors (Lipinski definition) is 2. The van der Waals surface area contributed by atoms with Crippen LogP contribution in [0.15, 0.2) is 35.6 Å². The van der Waals surface area contributed by atoms with E-state index in [0.717, 1.165) is 32.5 Å². The van der Waals surface area contributed by atoms with E-state index in [-0.39, 0.29) is 5.56 Å². The molecular weight excluding hydrogens is 266 g/mol. The Hall–Kier alpha value is -2.08. The molecule has 0 bridgehead atoms. The Morgan fingerprint density at radius 3 is 3.19 bits per heavy atom. The van der Waals surface area contributed by atoms with Gasteiger partial charge in [0, 0.05) is 57.5 Å². The first-order valence-corrected chi connectivity index (χ1v) is 7.35. The molecule has 0 radical (unpaired) electrons. The van der Waals surface area contributed by atoms with Crippen molar-refractivity contribution in [1.29, 1.82) is 0 Å². The van der Waals surface area contributed by atoms with E-state index >= 15 is 0 Å². The Balaban J connectivity index is 1.61. The van der Waals surface area contributed by atoms with Gasteiger partial charge in [-0.25, -0.2) is 4.98 Å². The van der Waals surface area contributed by atoms with E-state index in [1.54, 1.807) is 12.4 Å². The summed E-state index contributed by atoms with van der Waals surface area (Å²) in [7, 11) is 2.03. The van der Waals surface area contributed by atoms with E-state index in [0.29, 0.717) is 11.9 Å². The van der Waals surface area contributed by atoms with Gasteiger partial charge in [0.05, 0.1) is 0 Å². The van der Waals surface area contributed by atoms with Crippen molar-refractivity contribution in [3.8, 4) is 0 Å². The molecule has 21 heavy (non-hydrogen) atoms. The maximum atomic E-state index is 11.8. The smallest absolute Gasteiger partial charge is 0.290 e. The first-order chi connectivity index (χ1) is 10.2. The highest BCUT2D eigenvalue weighted by molar-refractivity contribution is 5.36. The maximum Gasteiger partial charge on any atom is 0.290 e. The highest BCUT2D eigenvalue weighted by Gasteiger charge is 2.22. The molecule has 0 saturated carbocycles.